The van der Waals surface area contributed by atoms with E-state index < -0.39 is 5.91 Å². The third-order valence-electron chi connectivity index (χ3n) is 4.62. The van der Waals surface area contributed by atoms with Crippen LogP contribution in [0, 0.1) is 6.92 Å². The van der Waals surface area contributed by atoms with Crippen LogP contribution in [-0.4, -0.2) is 23.0 Å². The molecule has 3 rings (SSSR count). The van der Waals surface area contributed by atoms with Crippen molar-refractivity contribution in [2.24, 2.45) is 11.5 Å². The Balaban J connectivity index is 1.85. The third kappa shape index (κ3) is 4.28. The number of nitrogens with zero attached hydrogens (tertiary/aromatic N) is 1. The first-order valence-corrected chi connectivity index (χ1v) is 8.68. The fraction of sp³-hybridized carbons (Fsp3) is 0.368. The molecule has 25 heavy (non-hydrogen) atoms. The Morgan fingerprint density at radius 1 is 1.24 bits per heavy atom. The number of pyridine rings is 1. The van der Waals surface area contributed by atoms with Crippen LogP contribution >= 0.6 is 0 Å². The topological polar surface area (TPSA) is 106 Å². The number of aromatic nitrogens is 1. The number of hydrogen-bond acceptors (Lipinski definition) is 5. The lowest BCUT2D eigenvalue weighted by atomic mass is 9.91. The maximum atomic E-state index is 11.7. The fourth-order valence-electron chi connectivity index (χ4n) is 3.24. The van der Waals surface area contributed by atoms with Crippen molar-refractivity contribution in [2.45, 2.75) is 44.7 Å². The second-order valence-electron chi connectivity index (χ2n) is 6.67. The SMILES string of the molecule is Cc1cccc(Nc2cc(NC3CCCCC3N)ncc2C(N)=O)c1. The maximum Gasteiger partial charge on any atom is 0.252 e. The highest BCUT2D eigenvalue weighted by Crippen LogP contribution is 2.26. The summed E-state index contributed by atoms with van der Waals surface area (Å²) >= 11 is 0. The van der Waals surface area contributed by atoms with Crippen molar-refractivity contribution < 1.29 is 4.79 Å². The normalized spacial score (nSPS) is 20.1. The van der Waals surface area contributed by atoms with E-state index in [0.29, 0.717) is 17.1 Å². The molecule has 1 aromatic heterocycles. The summed E-state index contributed by atoms with van der Waals surface area (Å²) in [5.41, 5.74) is 14.7. The monoisotopic (exact) mass is 339 g/mol. The van der Waals surface area contributed by atoms with Gasteiger partial charge in [-0.1, -0.05) is 25.0 Å². The van der Waals surface area contributed by atoms with Crippen LogP contribution in [0.25, 0.3) is 0 Å². The highest BCUT2D eigenvalue weighted by Gasteiger charge is 2.22. The van der Waals surface area contributed by atoms with E-state index in [-0.39, 0.29) is 12.1 Å². The zero-order valence-corrected chi connectivity index (χ0v) is 14.5. The number of nitrogens with two attached hydrogens (primary N) is 2. The van der Waals surface area contributed by atoms with Crippen LogP contribution in [0.4, 0.5) is 17.2 Å². The molecule has 0 aliphatic heterocycles. The number of carbonyl (C=O) groups excluding carboxylic acids is 1. The summed E-state index contributed by atoms with van der Waals surface area (Å²) in [4.78, 5) is 16.1. The van der Waals surface area contributed by atoms with Crippen LogP contribution in [0.5, 0.6) is 0 Å². The summed E-state index contributed by atoms with van der Waals surface area (Å²) in [6.45, 7) is 2.02. The highest BCUT2D eigenvalue weighted by atomic mass is 16.1. The van der Waals surface area contributed by atoms with E-state index in [1.165, 1.54) is 19.0 Å². The molecule has 1 saturated carbocycles. The molecule has 1 amide bonds. The summed E-state index contributed by atoms with van der Waals surface area (Å²) in [5, 5.41) is 6.68. The van der Waals surface area contributed by atoms with Gasteiger partial charge in [-0.15, -0.1) is 0 Å². The van der Waals surface area contributed by atoms with Crippen molar-refractivity contribution in [3.63, 3.8) is 0 Å². The minimum Gasteiger partial charge on any atom is -0.366 e. The lowest BCUT2D eigenvalue weighted by molar-refractivity contribution is 0.100. The van der Waals surface area contributed by atoms with Gasteiger partial charge in [-0.3, -0.25) is 4.79 Å². The molecule has 2 atom stereocenters. The van der Waals surface area contributed by atoms with Crippen LogP contribution in [-0.2, 0) is 0 Å². The largest absolute Gasteiger partial charge is 0.366 e. The van der Waals surface area contributed by atoms with Crippen molar-refractivity contribution >= 4 is 23.1 Å². The number of benzene rings is 1. The van der Waals surface area contributed by atoms with Gasteiger partial charge in [0.1, 0.15) is 5.82 Å². The number of primary amides is 1. The molecule has 6 N–H and O–H groups in total. The Bertz CT molecular complexity index is 761. The Morgan fingerprint density at radius 2 is 2.04 bits per heavy atom. The van der Waals surface area contributed by atoms with E-state index in [4.69, 9.17) is 11.5 Å². The number of aryl methyl sites for hydroxylation is 1. The minimum absolute atomic E-state index is 0.125. The van der Waals surface area contributed by atoms with E-state index in [1.807, 2.05) is 37.3 Å². The molecule has 1 aliphatic rings. The Morgan fingerprint density at radius 3 is 2.76 bits per heavy atom. The molecule has 0 saturated heterocycles. The van der Waals surface area contributed by atoms with E-state index in [1.54, 1.807) is 0 Å². The van der Waals surface area contributed by atoms with Crippen molar-refractivity contribution in [1.82, 2.24) is 4.98 Å². The molecule has 2 aromatic rings. The predicted octanol–water partition coefficient (Wildman–Crippen LogP) is 2.91. The van der Waals surface area contributed by atoms with Crippen molar-refractivity contribution in [2.75, 3.05) is 10.6 Å². The van der Waals surface area contributed by atoms with Gasteiger partial charge in [0.25, 0.3) is 5.91 Å². The third-order valence-corrected chi connectivity index (χ3v) is 4.62. The zero-order valence-electron chi connectivity index (χ0n) is 14.5. The Labute approximate surface area is 148 Å². The lowest BCUT2D eigenvalue weighted by Crippen LogP contribution is -2.42. The summed E-state index contributed by atoms with van der Waals surface area (Å²) in [5.74, 6) is 0.186. The Kier molecular flexibility index (Phi) is 5.19. The number of rotatable bonds is 5. The summed E-state index contributed by atoms with van der Waals surface area (Å²) in [7, 11) is 0. The second-order valence-corrected chi connectivity index (χ2v) is 6.67. The van der Waals surface area contributed by atoms with Crippen LogP contribution in [0.15, 0.2) is 36.5 Å². The van der Waals surface area contributed by atoms with Crippen molar-refractivity contribution in [1.29, 1.82) is 0 Å². The van der Waals surface area contributed by atoms with Gasteiger partial charge in [0.2, 0.25) is 0 Å². The first kappa shape index (κ1) is 17.2. The maximum absolute atomic E-state index is 11.7. The van der Waals surface area contributed by atoms with Gasteiger partial charge in [-0.2, -0.15) is 0 Å². The highest BCUT2D eigenvalue weighted by molar-refractivity contribution is 5.99. The first-order chi connectivity index (χ1) is 12.0. The zero-order chi connectivity index (χ0) is 17.8. The number of anilines is 3. The molecule has 1 aromatic carbocycles. The molecular formula is C19H25N5O. The molecule has 6 nitrogen and oxygen atoms in total. The van der Waals surface area contributed by atoms with Gasteiger partial charge in [0.05, 0.1) is 11.3 Å². The standard InChI is InChI=1S/C19H25N5O/c1-12-5-4-6-13(9-12)23-17-10-18(22-11-14(17)19(21)25)24-16-8-3-2-7-15(16)20/h4-6,9-11,15-16H,2-3,7-8,20H2,1H3,(H2,21,25)(H2,22,23,24). The number of hydrogen-bond donors (Lipinski definition) is 4. The van der Waals surface area contributed by atoms with Crippen LogP contribution in [0.2, 0.25) is 0 Å². The van der Waals surface area contributed by atoms with E-state index in [9.17, 15) is 4.79 Å². The average molecular weight is 339 g/mol. The van der Waals surface area contributed by atoms with Gasteiger partial charge in [-0.05, 0) is 37.5 Å². The van der Waals surface area contributed by atoms with Crippen LogP contribution < -0.4 is 22.1 Å². The number of amides is 1. The van der Waals surface area contributed by atoms with Crippen molar-refractivity contribution in [3.8, 4) is 0 Å². The molecule has 132 valence electrons. The minimum atomic E-state index is -0.511. The van der Waals surface area contributed by atoms with E-state index >= 15 is 0 Å². The second kappa shape index (κ2) is 7.53. The molecule has 0 bridgehead atoms. The van der Waals surface area contributed by atoms with Gasteiger partial charge < -0.3 is 22.1 Å². The van der Waals surface area contributed by atoms with Crippen molar-refractivity contribution in [3.05, 3.63) is 47.7 Å². The number of carbonyl (C=O) groups is 1. The van der Waals surface area contributed by atoms with Crippen LogP contribution in [0.3, 0.4) is 0 Å². The molecule has 1 fully saturated rings. The van der Waals surface area contributed by atoms with E-state index in [2.05, 4.69) is 15.6 Å². The van der Waals surface area contributed by atoms with Gasteiger partial charge in [-0.25, -0.2) is 4.98 Å². The molecule has 0 spiro atoms. The van der Waals surface area contributed by atoms with Gasteiger partial charge in [0, 0.05) is 30.0 Å². The summed E-state index contributed by atoms with van der Waals surface area (Å²) < 4.78 is 0. The van der Waals surface area contributed by atoms with Gasteiger partial charge >= 0.3 is 0 Å². The van der Waals surface area contributed by atoms with E-state index in [0.717, 1.165) is 24.1 Å². The molecule has 0 radical (unpaired) electrons. The smallest absolute Gasteiger partial charge is 0.252 e. The summed E-state index contributed by atoms with van der Waals surface area (Å²) in [6, 6.07) is 10.1. The summed E-state index contributed by atoms with van der Waals surface area (Å²) in [6.07, 6.45) is 5.90. The molecule has 2 unspecified atom stereocenters. The molecule has 1 aliphatic carbocycles. The average Bonchev–Trinajstić information content (AvgIpc) is 2.57. The quantitative estimate of drug-likeness (QED) is 0.670. The molecule has 6 heteroatoms. The van der Waals surface area contributed by atoms with Gasteiger partial charge in [0.15, 0.2) is 0 Å². The predicted molar refractivity (Wildman–Crippen MR) is 101 cm³/mol. The lowest BCUT2D eigenvalue weighted by Gasteiger charge is -2.29. The van der Waals surface area contributed by atoms with Crippen LogP contribution in [0.1, 0.15) is 41.6 Å². The first-order valence-electron chi connectivity index (χ1n) is 8.68. The fourth-order valence-corrected chi connectivity index (χ4v) is 3.24. The molecule has 1 heterocycles. The Hall–Kier alpha value is -2.60. The molecular weight excluding hydrogens is 314 g/mol. The number of nitrogens with one attached hydrogen (secondary N) is 2.